The van der Waals surface area contributed by atoms with E-state index >= 15 is 0 Å². The number of methoxy groups -OCH3 is 1. The largest absolute Gasteiger partial charge is 0.465 e. The fourth-order valence-corrected chi connectivity index (χ4v) is 0.854. The topological polar surface area (TPSA) is 59.2 Å². The molecule has 0 atom stereocenters. The Bertz CT molecular complexity index is 355. The van der Waals surface area contributed by atoms with Gasteiger partial charge in [-0.3, -0.25) is 4.79 Å². The lowest BCUT2D eigenvalue weighted by molar-refractivity contribution is 0.0598. The van der Waals surface area contributed by atoms with Crippen LogP contribution in [0.15, 0.2) is 17.1 Å². The van der Waals surface area contributed by atoms with Crippen molar-refractivity contribution in [1.82, 2.24) is 4.98 Å². The predicted octanol–water partition coefficient (Wildman–Crippen LogP) is 1.50. The van der Waals surface area contributed by atoms with Crippen molar-refractivity contribution >= 4 is 5.97 Å². The van der Waals surface area contributed by atoms with Gasteiger partial charge in [-0.15, -0.1) is 0 Å². The number of nitrogens with one attached hydrogen (secondary N) is 1. The third kappa shape index (κ3) is 3.05. The first kappa shape index (κ1) is 12.4. The Balaban J connectivity index is 0.000000791. The predicted molar refractivity (Wildman–Crippen MR) is 54.5 cm³/mol. The number of H-pyrrole nitrogens is 1. The quantitative estimate of drug-likeness (QED) is 0.694. The first-order valence-corrected chi connectivity index (χ1v) is 4.43. The standard InChI is InChI=1S/C8H9NO3.C2H6/c1-5-3-6(8(11)12-2)7(10)9-4-5;1-2/h3-4H,1-2H3,(H,9,10);1-2H3. The van der Waals surface area contributed by atoms with E-state index in [4.69, 9.17) is 0 Å². The van der Waals surface area contributed by atoms with Gasteiger partial charge >= 0.3 is 5.97 Å². The molecular formula is C10H15NO3. The lowest BCUT2D eigenvalue weighted by Crippen LogP contribution is -2.18. The van der Waals surface area contributed by atoms with Gasteiger partial charge in [0, 0.05) is 6.20 Å². The van der Waals surface area contributed by atoms with Crippen molar-refractivity contribution in [2.75, 3.05) is 7.11 Å². The molecule has 0 radical (unpaired) electrons. The summed E-state index contributed by atoms with van der Waals surface area (Å²) in [5, 5.41) is 0. The second-order valence-corrected chi connectivity index (χ2v) is 2.41. The fourth-order valence-electron chi connectivity index (χ4n) is 0.854. The summed E-state index contributed by atoms with van der Waals surface area (Å²) in [6.07, 6.45) is 1.54. The summed E-state index contributed by atoms with van der Waals surface area (Å²) in [6, 6.07) is 1.49. The minimum atomic E-state index is -0.611. The summed E-state index contributed by atoms with van der Waals surface area (Å²) in [5.41, 5.74) is 0.431. The van der Waals surface area contributed by atoms with Gasteiger partial charge < -0.3 is 9.72 Å². The SMILES string of the molecule is CC.COC(=O)c1cc(C)c[nH]c1=O. The van der Waals surface area contributed by atoms with Gasteiger partial charge in [0.2, 0.25) is 0 Å². The van der Waals surface area contributed by atoms with E-state index in [1.165, 1.54) is 19.4 Å². The molecule has 1 aromatic heterocycles. The second-order valence-electron chi connectivity index (χ2n) is 2.41. The maximum Gasteiger partial charge on any atom is 0.343 e. The Kier molecular flexibility index (Phi) is 5.29. The number of hydrogen-bond acceptors (Lipinski definition) is 3. The highest BCUT2D eigenvalue weighted by Gasteiger charge is 2.09. The number of rotatable bonds is 1. The Labute approximate surface area is 82.9 Å². The molecule has 0 aromatic carbocycles. The zero-order valence-corrected chi connectivity index (χ0v) is 8.88. The lowest BCUT2D eigenvalue weighted by Gasteiger charge is -1.97. The number of aromatic nitrogens is 1. The molecule has 0 saturated carbocycles. The minimum Gasteiger partial charge on any atom is -0.465 e. The highest BCUT2D eigenvalue weighted by molar-refractivity contribution is 5.88. The van der Waals surface area contributed by atoms with Crippen LogP contribution in [-0.4, -0.2) is 18.1 Å². The lowest BCUT2D eigenvalue weighted by atomic mass is 10.2. The van der Waals surface area contributed by atoms with Gasteiger partial charge in [-0.25, -0.2) is 4.79 Å². The highest BCUT2D eigenvalue weighted by Crippen LogP contribution is 1.97. The minimum absolute atomic E-state index is 0.0394. The van der Waals surface area contributed by atoms with E-state index in [-0.39, 0.29) is 5.56 Å². The molecule has 1 rings (SSSR count). The summed E-state index contributed by atoms with van der Waals surface area (Å²) >= 11 is 0. The zero-order chi connectivity index (χ0) is 11.1. The first-order chi connectivity index (χ1) is 6.65. The van der Waals surface area contributed by atoms with E-state index in [2.05, 4.69) is 9.72 Å². The number of esters is 1. The van der Waals surface area contributed by atoms with Crippen molar-refractivity contribution in [3.05, 3.63) is 33.7 Å². The van der Waals surface area contributed by atoms with Crippen LogP contribution in [0.3, 0.4) is 0 Å². The van der Waals surface area contributed by atoms with Gasteiger partial charge in [-0.1, -0.05) is 13.8 Å². The number of hydrogen-bond donors (Lipinski definition) is 1. The number of carbonyl (C=O) groups is 1. The molecule has 14 heavy (non-hydrogen) atoms. The van der Waals surface area contributed by atoms with Gasteiger partial charge in [0.05, 0.1) is 7.11 Å². The molecule has 0 spiro atoms. The molecule has 0 saturated heterocycles. The number of pyridine rings is 1. The van der Waals surface area contributed by atoms with Crippen LogP contribution in [0.25, 0.3) is 0 Å². The molecule has 4 nitrogen and oxygen atoms in total. The Morgan fingerprint density at radius 3 is 2.50 bits per heavy atom. The average Bonchev–Trinajstić information content (AvgIpc) is 2.23. The van der Waals surface area contributed by atoms with Crippen molar-refractivity contribution in [2.45, 2.75) is 20.8 Å². The molecule has 78 valence electrons. The van der Waals surface area contributed by atoms with E-state index in [0.29, 0.717) is 0 Å². The number of aromatic amines is 1. The summed E-state index contributed by atoms with van der Waals surface area (Å²) in [6.45, 7) is 5.78. The maximum absolute atomic E-state index is 11.0. The number of ether oxygens (including phenoxy) is 1. The maximum atomic E-state index is 11.0. The van der Waals surface area contributed by atoms with Gasteiger partial charge in [0.25, 0.3) is 5.56 Å². The van der Waals surface area contributed by atoms with Gasteiger partial charge in [0.1, 0.15) is 5.56 Å². The fraction of sp³-hybridized carbons (Fsp3) is 0.400. The zero-order valence-electron chi connectivity index (χ0n) is 8.88. The average molecular weight is 197 g/mol. The van der Waals surface area contributed by atoms with E-state index in [0.717, 1.165) is 5.56 Å². The van der Waals surface area contributed by atoms with Crippen LogP contribution in [0, 0.1) is 6.92 Å². The van der Waals surface area contributed by atoms with Crippen LogP contribution in [-0.2, 0) is 4.74 Å². The molecule has 0 fully saturated rings. The molecule has 0 aliphatic carbocycles. The number of carbonyl (C=O) groups excluding carboxylic acids is 1. The molecule has 0 amide bonds. The molecule has 0 unspecified atom stereocenters. The van der Waals surface area contributed by atoms with Crippen LogP contribution in [0.5, 0.6) is 0 Å². The molecule has 1 N–H and O–H groups in total. The summed E-state index contributed by atoms with van der Waals surface area (Å²) in [7, 11) is 1.24. The second kappa shape index (κ2) is 5.96. The monoisotopic (exact) mass is 197 g/mol. The van der Waals surface area contributed by atoms with Crippen LogP contribution in [0.2, 0.25) is 0 Å². The van der Waals surface area contributed by atoms with Crippen molar-refractivity contribution < 1.29 is 9.53 Å². The molecule has 0 aliphatic heterocycles. The van der Waals surface area contributed by atoms with Gasteiger partial charge in [0.15, 0.2) is 0 Å². The van der Waals surface area contributed by atoms with Crippen molar-refractivity contribution in [3.8, 4) is 0 Å². The van der Waals surface area contributed by atoms with Crippen molar-refractivity contribution in [1.29, 1.82) is 0 Å². The molecular weight excluding hydrogens is 182 g/mol. The van der Waals surface area contributed by atoms with E-state index in [9.17, 15) is 9.59 Å². The summed E-state index contributed by atoms with van der Waals surface area (Å²) in [5.74, 6) is -0.611. The highest BCUT2D eigenvalue weighted by atomic mass is 16.5. The number of aryl methyl sites for hydroxylation is 1. The molecule has 4 heteroatoms. The Morgan fingerprint density at radius 2 is 2.00 bits per heavy atom. The third-order valence-corrected chi connectivity index (χ3v) is 1.45. The van der Waals surface area contributed by atoms with Crippen LogP contribution in [0.1, 0.15) is 29.8 Å². The third-order valence-electron chi connectivity index (χ3n) is 1.45. The molecule has 0 bridgehead atoms. The molecule has 1 aromatic rings. The van der Waals surface area contributed by atoms with E-state index < -0.39 is 11.5 Å². The van der Waals surface area contributed by atoms with E-state index in [1.54, 1.807) is 6.92 Å². The smallest absolute Gasteiger partial charge is 0.343 e. The van der Waals surface area contributed by atoms with Crippen LogP contribution >= 0.6 is 0 Å². The van der Waals surface area contributed by atoms with Crippen molar-refractivity contribution in [3.63, 3.8) is 0 Å². The molecule has 0 aliphatic rings. The van der Waals surface area contributed by atoms with Gasteiger partial charge in [-0.2, -0.15) is 0 Å². The Morgan fingerprint density at radius 1 is 1.43 bits per heavy atom. The van der Waals surface area contributed by atoms with Gasteiger partial charge in [-0.05, 0) is 18.6 Å². The van der Waals surface area contributed by atoms with Crippen molar-refractivity contribution in [2.24, 2.45) is 0 Å². The first-order valence-electron chi connectivity index (χ1n) is 4.43. The summed E-state index contributed by atoms with van der Waals surface area (Å²) < 4.78 is 4.41. The summed E-state index contributed by atoms with van der Waals surface area (Å²) in [4.78, 5) is 24.4. The Hall–Kier alpha value is -1.58. The van der Waals surface area contributed by atoms with Crippen LogP contribution in [0.4, 0.5) is 0 Å². The van der Waals surface area contributed by atoms with Crippen LogP contribution < -0.4 is 5.56 Å². The van der Waals surface area contributed by atoms with E-state index in [1.807, 2.05) is 13.8 Å². The normalized spacial score (nSPS) is 8.57. The molecule has 1 heterocycles.